The lowest BCUT2D eigenvalue weighted by Gasteiger charge is -1.64. The maximum atomic E-state index is 9.49. The predicted octanol–water partition coefficient (Wildman–Crippen LogP) is -0.753. The van der Waals surface area contributed by atoms with Crippen molar-refractivity contribution < 1.29 is 8.42 Å². The Kier molecular flexibility index (Phi) is 2.66. The van der Waals surface area contributed by atoms with Crippen LogP contribution >= 0.6 is 0 Å². The standard InChI is InChI=1S/C2H5NO2S/c3-1-2-6(4)5/h1,3,6H,2H2. The minimum absolute atomic E-state index is 0.130. The molecule has 0 saturated carbocycles. The zero-order valence-corrected chi connectivity index (χ0v) is 3.94. The largest absolute Gasteiger partial charge is 0.312 e. The molecule has 0 fully saturated rings. The molecule has 0 spiro atoms. The molecule has 0 radical (unpaired) electrons. The summed E-state index contributed by atoms with van der Waals surface area (Å²) in [6, 6.07) is 0. The van der Waals surface area contributed by atoms with E-state index in [2.05, 4.69) is 0 Å². The Bertz CT molecular complexity index is 98.1. The minimum Gasteiger partial charge on any atom is -0.312 e. The van der Waals surface area contributed by atoms with Crippen LogP contribution in [0.4, 0.5) is 0 Å². The highest BCUT2D eigenvalue weighted by molar-refractivity contribution is 7.73. The van der Waals surface area contributed by atoms with Crippen LogP contribution in [0.3, 0.4) is 0 Å². The summed E-state index contributed by atoms with van der Waals surface area (Å²) in [5, 5.41) is 6.22. The first-order valence-electron chi connectivity index (χ1n) is 1.38. The number of rotatable bonds is 2. The van der Waals surface area contributed by atoms with Gasteiger partial charge in [0.25, 0.3) is 0 Å². The topological polar surface area (TPSA) is 58.0 Å². The summed E-state index contributed by atoms with van der Waals surface area (Å²) in [6.45, 7) is 0. The fourth-order valence-corrected chi connectivity index (χ4v) is 0.224. The summed E-state index contributed by atoms with van der Waals surface area (Å²) in [7, 11) is -2.34. The van der Waals surface area contributed by atoms with E-state index in [4.69, 9.17) is 5.41 Å². The third kappa shape index (κ3) is 3.62. The van der Waals surface area contributed by atoms with Crippen molar-refractivity contribution in [2.24, 2.45) is 0 Å². The smallest absolute Gasteiger partial charge is 0.145 e. The maximum absolute atomic E-state index is 9.49. The Labute approximate surface area is 37.4 Å². The molecule has 0 aromatic heterocycles. The Balaban J connectivity index is 3.32. The summed E-state index contributed by atoms with van der Waals surface area (Å²) in [6.07, 6.45) is 0.853. The van der Waals surface area contributed by atoms with Crippen LogP contribution in [-0.2, 0) is 10.7 Å². The van der Waals surface area contributed by atoms with E-state index in [-0.39, 0.29) is 5.75 Å². The third-order valence-electron chi connectivity index (χ3n) is 0.240. The van der Waals surface area contributed by atoms with Crippen molar-refractivity contribution in [2.45, 2.75) is 0 Å². The first-order valence-corrected chi connectivity index (χ1v) is 2.74. The van der Waals surface area contributed by atoms with E-state index in [1.54, 1.807) is 0 Å². The van der Waals surface area contributed by atoms with Crippen LogP contribution < -0.4 is 0 Å². The Morgan fingerprint density at radius 3 is 2.17 bits per heavy atom. The lowest BCUT2D eigenvalue weighted by Crippen LogP contribution is -1.83. The van der Waals surface area contributed by atoms with Gasteiger partial charge in [0.1, 0.15) is 10.7 Å². The summed E-state index contributed by atoms with van der Waals surface area (Å²) >= 11 is 0. The molecule has 0 aliphatic carbocycles. The van der Waals surface area contributed by atoms with E-state index >= 15 is 0 Å². The van der Waals surface area contributed by atoms with Crippen LogP contribution in [0.25, 0.3) is 0 Å². The van der Waals surface area contributed by atoms with Gasteiger partial charge in [-0.3, -0.25) is 0 Å². The predicted molar refractivity (Wildman–Crippen MR) is 24.0 cm³/mol. The molecule has 0 saturated heterocycles. The van der Waals surface area contributed by atoms with Crippen molar-refractivity contribution in [3.8, 4) is 0 Å². The van der Waals surface area contributed by atoms with Gasteiger partial charge < -0.3 is 5.41 Å². The van der Waals surface area contributed by atoms with Crippen molar-refractivity contribution in [1.82, 2.24) is 0 Å². The highest BCUT2D eigenvalue weighted by Crippen LogP contribution is 1.52. The van der Waals surface area contributed by atoms with E-state index < -0.39 is 10.7 Å². The first kappa shape index (κ1) is 5.62. The number of hydrogen-bond donors (Lipinski definition) is 2. The quantitative estimate of drug-likeness (QED) is 0.360. The SMILES string of the molecule is N=CC[SH](=O)=O. The molecule has 0 bridgehead atoms. The second kappa shape index (κ2) is 2.84. The molecule has 0 rings (SSSR count). The zero-order valence-electron chi connectivity index (χ0n) is 3.05. The molecule has 0 unspecified atom stereocenters. The molecule has 0 aromatic carbocycles. The molecular weight excluding hydrogens is 102 g/mol. The lowest BCUT2D eigenvalue weighted by atomic mass is 10.9. The molecule has 36 valence electrons. The molecule has 0 amide bonds. The maximum Gasteiger partial charge on any atom is 0.145 e. The van der Waals surface area contributed by atoms with Crippen molar-refractivity contribution in [3.63, 3.8) is 0 Å². The molecule has 3 nitrogen and oxygen atoms in total. The van der Waals surface area contributed by atoms with E-state index in [0.29, 0.717) is 0 Å². The Morgan fingerprint density at radius 2 is 2.17 bits per heavy atom. The molecule has 0 atom stereocenters. The van der Waals surface area contributed by atoms with Crippen LogP contribution in [0.15, 0.2) is 0 Å². The van der Waals surface area contributed by atoms with E-state index in [0.717, 1.165) is 6.21 Å². The molecule has 0 heterocycles. The van der Waals surface area contributed by atoms with Crippen LogP contribution in [0.2, 0.25) is 0 Å². The second-order valence-corrected chi connectivity index (χ2v) is 1.75. The third-order valence-corrected chi connectivity index (χ3v) is 0.721. The molecule has 0 aliphatic heterocycles. The van der Waals surface area contributed by atoms with Gasteiger partial charge in [-0.25, -0.2) is 8.42 Å². The molecule has 0 aliphatic rings. The van der Waals surface area contributed by atoms with E-state index in [9.17, 15) is 8.42 Å². The minimum atomic E-state index is -2.34. The molecule has 6 heavy (non-hydrogen) atoms. The van der Waals surface area contributed by atoms with Gasteiger partial charge in [0.05, 0.1) is 5.75 Å². The van der Waals surface area contributed by atoms with Crippen molar-refractivity contribution >= 4 is 16.9 Å². The van der Waals surface area contributed by atoms with Crippen molar-refractivity contribution in [3.05, 3.63) is 0 Å². The highest BCUT2D eigenvalue weighted by atomic mass is 32.2. The molecule has 1 N–H and O–H groups in total. The summed E-state index contributed by atoms with van der Waals surface area (Å²) in [4.78, 5) is 0. The van der Waals surface area contributed by atoms with Gasteiger partial charge in [-0.1, -0.05) is 0 Å². The van der Waals surface area contributed by atoms with Crippen LogP contribution in [0.1, 0.15) is 0 Å². The highest BCUT2D eigenvalue weighted by Gasteiger charge is 1.72. The second-order valence-electron chi connectivity index (χ2n) is 0.719. The average Bonchev–Trinajstić information content (AvgIpc) is 1.35. The van der Waals surface area contributed by atoms with Crippen molar-refractivity contribution in [1.29, 1.82) is 5.41 Å². The van der Waals surface area contributed by atoms with Gasteiger partial charge in [-0.05, 0) is 0 Å². The fraction of sp³-hybridized carbons (Fsp3) is 0.500. The van der Waals surface area contributed by atoms with Gasteiger partial charge in [0.2, 0.25) is 0 Å². The summed E-state index contributed by atoms with van der Waals surface area (Å²) in [5.41, 5.74) is 0. The number of hydrogen-bond acceptors (Lipinski definition) is 3. The zero-order chi connectivity index (χ0) is 4.99. The van der Waals surface area contributed by atoms with Crippen LogP contribution in [-0.4, -0.2) is 20.4 Å². The van der Waals surface area contributed by atoms with Gasteiger partial charge in [0.15, 0.2) is 0 Å². The van der Waals surface area contributed by atoms with E-state index in [1.165, 1.54) is 0 Å². The van der Waals surface area contributed by atoms with Crippen LogP contribution in [0.5, 0.6) is 0 Å². The van der Waals surface area contributed by atoms with Gasteiger partial charge in [0, 0.05) is 6.21 Å². The lowest BCUT2D eigenvalue weighted by molar-refractivity contribution is 0.618. The Hall–Kier alpha value is -0.380. The number of thiol groups is 1. The summed E-state index contributed by atoms with van der Waals surface area (Å²) in [5.74, 6) is -0.130. The molecule has 4 heteroatoms. The normalized spacial score (nSPS) is 8.83. The Morgan fingerprint density at radius 1 is 1.67 bits per heavy atom. The molecule has 0 aromatic rings. The number of nitrogens with one attached hydrogen (secondary N) is 1. The van der Waals surface area contributed by atoms with Crippen molar-refractivity contribution in [2.75, 3.05) is 5.75 Å². The average molecular weight is 107 g/mol. The monoisotopic (exact) mass is 107 g/mol. The van der Waals surface area contributed by atoms with Gasteiger partial charge in [-0.15, -0.1) is 0 Å². The first-order chi connectivity index (χ1) is 2.77. The molecular formula is C2H5NO2S. The fourth-order valence-electron chi connectivity index (χ4n) is 0.0745. The summed E-state index contributed by atoms with van der Waals surface area (Å²) < 4.78 is 19.0. The van der Waals surface area contributed by atoms with E-state index in [1.807, 2.05) is 0 Å². The van der Waals surface area contributed by atoms with Crippen LogP contribution in [0, 0.1) is 5.41 Å². The van der Waals surface area contributed by atoms with Gasteiger partial charge >= 0.3 is 0 Å². The van der Waals surface area contributed by atoms with Gasteiger partial charge in [-0.2, -0.15) is 0 Å².